The van der Waals surface area contributed by atoms with Crippen LogP contribution in [-0.4, -0.2) is 5.92 Å². The van der Waals surface area contributed by atoms with Crippen LogP contribution in [0.15, 0.2) is 102 Å². The molecule has 3 atom stereocenters. The van der Waals surface area contributed by atoms with Gasteiger partial charge < -0.3 is 0 Å². The minimum absolute atomic E-state index is 0.0738. The molecule has 3 aliphatic rings. The predicted octanol–water partition coefficient (Wildman–Crippen LogP) is 14.5. The van der Waals surface area contributed by atoms with Gasteiger partial charge in [-0.2, -0.15) is 0 Å². The predicted molar refractivity (Wildman–Crippen MR) is 225 cm³/mol. The van der Waals surface area contributed by atoms with Gasteiger partial charge >= 0.3 is 319 Å². The summed E-state index contributed by atoms with van der Waals surface area (Å²) in [5.74, 6) is -1.31. The van der Waals surface area contributed by atoms with Gasteiger partial charge in [0, 0.05) is 0 Å². The fraction of sp³-hybridized carbons (Fsp3) is 0.362. The summed E-state index contributed by atoms with van der Waals surface area (Å²) in [7, 11) is 17.6. The summed E-state index contributed by atoms with van der Waals surface area (Å²) >= 11 is -4.92. The third kappa shape index (κ3) is 6.13. The third-order valence-corrected chi connectivity index (χ3v) is 64.4. The van der Waals surface area contributed by atoms with Crippen LogP contribution in [0.1, 0.15) is 108 Å². The van der Waals surface area contributed by atoms with Gasteiger partial charge in [-0.1, -0.05) is 0 Å². The van der Waals surface area contributed by atoms with Gasteiger partial charge in [-0.05, 0) is 0 Å². The number of fused-ring (bicyclic) bond motifs is 2. The number of rotatable bonds is 6. The van der Waals surface area contributed by atoms with E-state index in [1.165, 1.54) is 72.3 Å². The summed E-state index contributed by atoms with van der Waals surface area (Å²) in [6.07, 6.45) is 12.1. The van der Waals surface area contributed by atoms with E-state index in [9.17, 15) is 0 Å². The Morgan fingerprint density at radius 2 is 1.24 bits per heavy atom. The minimum atomic E-state index is -4.92. The van der Waals surface area contributed by atoms with Crippen molar-refractivity contribution >= 4 is 35.1 Å². The standard InChI is InChI=1S/C24H25.C21H23.C2H7Si.2ClH.Zr/c1-24(2,3)21-13-11-18(12-14-21)22-10-6-9-19-15-20(16-23(19)22)17-7-4-5-8-17;1-14-12-19-15(2)6-11-18(20(19)13-14)16-7-9-17(10-8-16)21(3,4)5;1-3-2;;;/h4,6-7,9-17H,5,8H2,1-3H3;6-13H,1-5H3;3H,1-2H3;2*1H;/q;;;;;+2/p-2. The van der Waals surface area contributed by atoms with Gasteiger partial charge in [-0.15, -0.1) is 0 Å². The van der Waals surface area contributed by atoms with E-state index in [4.69, 9.17) is 17.0 Å². The first-order valence-electron chi connectivity index (χ1n) is 19.0. The van der Waals surface area contributed by atoms with Crippen LogP contribution in [0, 0.1) is 12.8 Å². The molecule has 0 saturated heterocycles. The van der Waals surface area contributed by atoms with Gasteiger partial charge in [0.05, 0.1) is 0 Å². The molecule has 3 unspecified atom stereocenters. The first kappa shape index (κ1) is 37.1. The number of benzene rings is 4. The molecule has 4 heteroatoms. The van der Waals surface area contributed by atoms with Crippen molar-refractivity contribution in [1.29, 1.82) is 0 Å². The summed E-state index contributed by atoms with van der Waals surface area (Å²) in [4.78, 5) is 0. The van der Waals surface area contributed by atoms with Crippen LogP contribution in [0.3, 0.4) is 0 Å². The van der Waals surface area contributed by atoms with Crippen molar-refractivity contribution in [2.75, 3.05) is 0 Å². The molecule has 0 saturated carbocycles. The van der Waals surface area contributed by atoms with E-state index < -0.39 is 21.5 Å². The van der Waals surface area contributed by atoms with Gasteiger partial charge in [0.25, 0.3) is 0 Å². The van der Waals surface area contributed by atoms with Crippen molar-refractivity contribution < 1.29 is 15.6 Å². The topological polar surface area (TPSA) is 0 Å². The molecule has 0 radical (unpaired) electrons. The van der Waals surface area contributed by atoms with Gasteiger partial charge in [-0.3, -0.25) is 0 Å². The first-order chi connectivity index (χ1) is 23.9. The van der Waals surface area contributed by atoms with E-state index in [0.29, 0.717) is 5.92 Å². The molecule has 0 aromatic heterocycles. The second-order valence-corrected chi connectivity index (χ2v) is 60.6. The van der Waals surface area contributed by atoms with Gasteiger partial charge in [0.2, 0.25) is 0 Å². The van der Waals surface area contributed by atoms with Crippen molar-refractivity contribution in [2.45, 2.75) is 99.4 Å². The number of aryl methyl sites for hydroxylation is 1. The average molecular weight is 810 g/mol. The molecular formula is C47H55Cl2SiZr. The Balaban J connectivity index is 1.42. The van der Waals surface area contributed by atoms with Crippen LogP contribution in [0.2, 0.25) is 13.1 Å². The van der Waals surface area contributed by atoms with Gasteiger partial charge in [0.1, 0.15) is 0 Å². The third-order valence-electron chi connectivity index (χ3n) is 12.5. The molecule has 0 N–H and O–H groups in total. The summed E-state index contributed by atoms with van der Waals surface area (Å²) in [6.45, 7) is 23.2. The van der Waals surface area contributed by atoms with Gasteiger partial charge in [-0.25, -0.2) is 0 Å². The molecule has 7 rings (SSSR count). The Hall–Kier alpha value is -2.22. The summed E-state index contributed by atoms with van der Waals surface area (Å²) in [5, 5.41) is 0. The number of hydrogen-bond acceptors (Lipinski definition) is 0. The molecule has 0 fully saturated rings. The molecule has 3 aliphatic carbocycles. The maximum atomic E-state index is 8.81. The van der Waals surface area contributed by atoms with Crippen LogP contribution in [0.4, 0.5) is 0 Å². The van der Waals surface area contributed by atoms with E-state index >= 15 is 0 Å². The van der Waals surface area contributed by atoms with Crippen molar-refractivity contribution in [3.63, 3.8) is 0 Å². The molecule has 265 valence electrons. The number of hydrogen-bond donors (Lipinski definition) is 0. The molecule has 0 spiro atoms. The second-order valence-electron chi connectivity index (χ2n) is 18.1. The quantitative estimate of drug-likeness (QED) is 0.134. The Kier molecular flexibility index (Phi) is 9.44. The number of allylic oxidation sites excluding steroid dienone is 4. The van der Waals surface area contributed by atoms with Crippen molar-refractivity contribution in [2.24, 2.45) is 5.92 Å². The second kappa shape index (κ2) is 13.0. The first-order valence-corrected chi connectivity index (χ1v) is 35.3. The summed E-state index contributed by atoms with van der Waals surface area (Å²) < 4.78 is 0.149. The fourth-order valence-electron chi connectivity index (χ4n) is 9.44. The molecule has 4 aromatic rings. The fourth-order valence-corrected chi connectivity index (χ4v) is 41.4. The molecule has 0 amide bonds. The van der Waals surface area contributed by atoms with E-state index in [0.717, 1.165) is 12.8 Å². The number of halogens is 2. The molecule has 0 nitrogen and oxygen atoms in total. The van der Waals surface area contributed by atoms with E-state index in [1.54, 1.807) is 0 Å². The summed E-state index contributed by atoms with van der Waals surface area (Å²) in [6, 6.07) is 30.1. The van der Waals surface area contributed by atoms with Crippen LogP contribution in [0.5, 0.6) is 0 Å². The Bertz CT molecular complexity index is 2100. The zero-order chi connectivity index (χ0) is 36.7. The molecule has 0 bridgehead atoms. The Morgan fingerprint density at radius 3 is 1.75 bits per heavy atom. The van der Waals surface area contributed by atoms with E-state index in [2.05, 4.69) is 172 Å². The molecule has 4 aromatic carbocycles. The Labute approximate surface area is 316 Å². The average Bonchev–Trinajstić information content (AvgIpc) is 3.82. The molecular weight excluding hydrogens is 755 g/mol. The monoisotopic (exact) mass is 807 g/mol. The molecule has 51 heavy (non-hydrogen) atoms. The van der Waals surface area contributed by atoms with Crippen LogP contribution >= 0.6 is 17.0 Å². The zero-order valence-corrected chi connectivity index (χ0v) is 37.4. The Morgan fingerprint density at radius 1 is 0.667 bits per heavy atom. The molecule has 0 aliphatic heterocycles. The van der Waals surface area contributed by atoms with Crippen molar-refractivity contribution in [1.82, 2.24) is 0 Å². The van der Waals surface area contributed by atoms with E-state index in [-0.39, 0.29) is 18.1 Å². The molecule has 0 heterocycles. The van der Waals surface area contributed by atoms with Gasteiger partial charge in [0.15, 0.2) is 0 Å². The SMILES string of the molecule is CC1=Cc2c(-c3ccc(C(C)(C)C)cc3)ccc(C)c2[CH]1[Zr]([Cl])([Cl])([CH]1C(C2C=CCC2)=Cc2c(-c3ccc(C(C)(C)C)cc3)cccc21)[SiH](C)C. The normalized spacial score (nSPS) is 21.0. The van der Waals surface area contributed by atoms with Crippen LogP contribution in [-0.2, 0) is 26.4 Å². The van der Waals surface area contributed by atoms with E-state index in [1.807, 2.05) is 0 Å². The van der Waals surface area contributed by atoms with Crippen LogP contribution < -0.4 is 0 Å². The van der Waals surface area contributed by atoms with Crippen LogP contribution in [0.25, 0.3) is 34.4 Å². The van der Waals surface area contributed by atoms with Crippen molar-refractivity contribution in [3.8, 4) is 22.3 Å². The summed E-state index contributed by atoms with van der Waals surface area (Å²) in [5.41, 5.74) is 17.6. The zero-order valence-electron chi connectivity index (χ0n) is 32.3. The maximum absolute atomic E-state index is 8.81. The van der Waals surface area contributed by atoms with Crippen molar-refractivity contribution in [3.05, 3.63) is 141 Å².